The number of carbonyl (C=O) groups excluding carboxylic acids is 1. The van der Waals surface area contributed by atoms with Crippen molar-refractivity contribution < 1.29 is 4.79 Å². The zero-order chi connectivity index (χ0) is 15.2. The van der Waals surface area contributed by atoms with Crippen molar-refractivity contribution >= 4 is 14.0 Å². The van der Waals surface area contributed by atoms with Gasteiger partial charge in [-0.2, -0.15) is 0 Å². The monoisotopic (exact) mass is 291 g/mol. The third-order valence-electron chi connectivity index (χ3n) is 3.97. The quantitative estimate of drug-likeness (QED) is 0.721. The first-order valence-corrected chi connectivity index (χ1v) is 11.3. The van der Waals surface area contributed by atoms with E-state index in [1.165, 1.54) is 12.0 Å². The Kier molecular flexibility index (Phi) is 6.47. The highest BCUT2D eigenvalue weighted by atomic mass is 28.3. The van der Waals surface area contributed by atoms with Gasteiger partial charge in [0.05, 0.1) is 6.04 Å². The van der Waals surface area contributed by atoms with Crippen molar-refractivity contribution in [2.24, 2.45) is 0 Å². The van der Waals surface area contributed by atoms with Gasteiger partial charge in [0, 0.05) is 14.5 Å². The Hall–Kier alpha value is -1.09. The van der Waals surface area contributed by atoms with Gasteiger partial charge in [-0.25, -0.2) is 0 Å². The summed E-state index contributed by atoms with van der Waals surface area (Å²) in [6.45, 7) is 11.3. The molecular formula is C17H29NOSi. The molecule has 20 heavy (non-hydrogen) atoms. The van der Waals surface area contributed by atoms with Gasteiger partial charge in [0.15, 0.2) is 0 Å². The molecule has 0 aliphatic heterocycles. The zero-order valence-corrected chi connectivity index (χ0v) is 14.6. The van der Waals surface area contributed by atoms with Gasteiger partial charge in [0.1, 0.15) is 0 Å². The van der Waals surface area contributed by atoms with Crippen LogP contribution in [0.3, 0.4) is 0 Å². The number of hydrogen-bond acceptors (Lipinski definition) is 1. The topological polar surface area (TPSA) is 29.1 Å². The molecule has 0 aromatic heterocycles. The lowest BCUT2D eigenvalue weighted by Crippen LogP contribution is -2.34. The van der Waals surface area contributed by atoms with E-state index < -0.39 is 8.07 Å². The molecule has 112 valence electrons. The maximum absolute atomic E-state index is 12.3. The van der Waals surface area contributed by atoms with Crippen LogP contribution in [0.15, 0.2) is 30.3 Å². The summed E-state index contributed by atoms with van der Waals surface area (Å²) in [5.41, 5.74) is 1.75. The van der Waals surface area contributed by atoms with Crippen LogP contribution in [0, 0.1) is 0 Å². The molecule has 1 aromatic carbocycles. The van der Waals surface area contributed by atoms with Crippen LogP contribution in [-0.2, 0) is 4.79 Å². The minimum atomic E-state index is -1.26. The molecule has 1 rings (SSSR count). The van der Waals surface area contributed by atoms with E-state index in [0.29, 0.717) is 12.0 Å². The molecule has 0 fully saturated rings. The van der Waals surface area contributed by atoms with Crippen LogP contribution in [0.4, 0.5) is 0 Å². The predicted molar refractivity (Wildman–Crippen MR) is 89.6 cm³/mol. The maximum atomic E-state index is 12.3. The fourth-order valence-electron chi connectivity index (χ4n) is 2.54. The lowest BCUT2D eigenvalue weighted by molar-refractivity contribution is -0.121. The van der Waals surface area contributed by atoms with Crippen molar-refractivity contribution in [3.63, 3.8) is 0 Å². The lowest BCUT2D eigenvalue weighted by Gasteiger charge is -2.28. The Bertz CT molecular complexity index is 411. The standard InChI is InChI=1S/C17H29NOSi/c1-6-10-16(20(3,4)5)13-17(19)18-14(2)15-11-8-7-9-12-15/h7-9,11-12,14,16H,6,10,13H2,1-5H3,(H,18,19). The molecule has 2 nitrogen and oxygen atoms in total. The van der Waals surface area contributed by atoms with Crippen LogP contribution in [0.2, 0.25) is 25.2 Å². The molecule has 3 heteroatoms. The Balaban J connectivity index is 2.58. The smallest absolute Gasteiger partial charge is 0.220 e. The van der Waals surface area contributed by atoms with Crippen LogP contribution in [0.1, 0.15) is 44.7 Å². The van der Waals surface area contributed by atoms with Crippen molar-refractivity contribution in [2.75, 3.05) is 0 Å². The van der Waals surface area contributed by atoms with Gasteiger partial charge >= 0.3 is 0 Å². The Morgan fingerprint density at radius 3 is 2.30 bits per heavy atom. The number of carbonyl (C=O) groups is 1. The largest absolute Gasteiger partial charge is 0.350 e. The van der Waals surface area contributed by atoms with Gasteiger partial charge in [-0.05, 0) is 18.0 Å². The minimum absolute atomic E-state index is 0.0904. The van der Waals surface area contributed by atoms with Gasteiger partial charge in [-0.3, -0.25) is 4.79 Å². The Labute approximate surface area is 125 Å². The summed E-state index contributed by atoms with van der Waals surface area (Å²) >= 11 is 0. The van der Waals surface area contributed by atoms with Crippen LogP contribution >= 0.6 is 0 Å². The van der Waals surface area contributed by atoms with E-state index in [2.05, 4.69) is 50.9 Å². The molecule has 1 N–H and O–H groups in total. The Morgan fingerprint density at radius 2 is 1.80 bits per heavy atom. The Morgan fingerprint density at radius 1 is 1.20 bits per heavy atom. The molecule has 0 saturated heterocycles. The lowest BCUT2D eigenvalue weighted by atomic mass is 10.1. The first kappa shape index (κ1) is 17.0. The van der Waals surface area contributed by atoms with Crippen LogP contribution in [0.5, 0.6) is 0 Å². The second-order valence-corrected chi connectivity index (χ2v) is 12.3. The summed E-state index contributed by atoms with van der Waals surface area (Å²) < 4.78 is 0. The van der Waals surface area contributed by atoms with Gasteiger partial charge < -0.3 is 5.32 Å². The molecule has 1 aromatic rings. The average Bonchev–Trinajstić information content (AvgIpc) is 2.38. The van der Waals surface area contributed by atoms with Crippen molar-refractivity contribution in [3.8, 4) is 0 Å². The minimum Gasteiger partial charge on any atom is -0.350 e. The van der Waals surface area contributed by atoms with E-state index in [4.69, 9.17) is 0 Å². The summed E-state index contributed by atoms with van der Waals surface area (Å²) in [6, 6.07) is 10.2. The van der Waals surface area contributed by atoms with Crippen LogP contribution in [-0.4, -0.2) is 14.0 Å². The number of nitrogens with one attached hydrogen (secondary N) is 1. The van der Waals surface area contributed by atoms with Gasteiger partial charge in [0.2, 0.25) is 5.91 Å². The van der Waals surface area contributed by atoms with Crippen LogP contribution < -0.4 is 5.32 Å². The predicted octanol–water partition coefficient (Wildman–Crippen LogP) is 4.76. The summed E-state index contributed by atoms with van der Waals surface area (Å²) in [4.78, 5) is 12.3. The van der Waals surface area contributed by atoms with Crippen molar-refractivity contribution in [2.45, 2.75) is 64.3 Å². The molecule has 0 aliphatic rings. The fraction of sp³-hybridized carbons (Fsp3) is 0.588. The first-order chi connectivity index (χ1) is 9.34. The molecule has 0 bridgehead atoms. The highest BCUT2D eigenvalue weighted by Crippen LogP contribution is 2.30. The summed E-state index contributed by atoms with van der Waals surface area (Å²) in [7, 11) is -1.26. The van der Waals surface area contributed by atoms with E-state index in [-0.39, 0.29) is 11.9 Å². The third-order valence-corrected chi connectivity index (χ3v) is 6.91. The fourth-order valence-corrected chi connectivity index (χ4v) is 4.49. The highest BCUT2D eigenvalue weighted by molar-refractivity contribution is 6.77. The van der Waals surface area contributed by atoms with E-state index >= 15 is 0 Å². The summed E-state index contributed by atoms with van der Waals surface area (Å²) in [5, 5.41) is 3.14. The molecule has 2 unspecified atom stereocenters. The zero-order valence-electron chi connectivity index (χ0n) is 13.6. The molecule has 1 amide bonds. The number of rotatable bonds is 7. The normalized spacial score (nSPS) is 14.7. The van der Waals surface area contributed by atoms with Gasteiger partial charge in [0.25, 0.3) is 0 Å². The van der Waals surface area contributed by atoms with E-state index in [0.717, 1.165) is 6.42 Å². The molecule has 0 heterocycles. The number of hydrogen-bond donors (Lipinski definition) is 1. The van der Waals surface area contributed by atoms with Gasteiger partial charge in [-0.15, -0.1) is 0 Å². The van der Waals surface area contributed by atoms with Crippen molar-refractivity contribution in [1.29, 1.82) is 0 Å². The maximum Gasteiger partial charge on any atom is 0.220 e. The molecule has 0 spiro atoms. The molecule has 0 aliphatic carbocycles. The number of benzene rings is 1. The molecule has 2 atom stereocenters. The SMILES string of the molecule is CCCC(CC(=O)NC(C)c1ccccc1)[Si](C)(C)C. The van der Waals surface area contributed by atoms with Crippen molar-refractivity contribution in [3.05, 3.63) is 35.9 Å². The first-order valence-electron chi connectivity index (χ1n) is 7.69. The highest BCUT2D eigenvalue weighted by Gasteiger charge is 2.28. The second kappa shape index (κ2) is 7.63. The van der Waals surface area contributed by atoms with E-state index in [1.54, 1.807) is 0 Å². The molecule has 0 saturated carbocycles. The molecule has 0 radical (unpaired) electrons. The summed E-state index contributed by atoms with van der Waals surface area (Å²) in [6.07, 6.45) is 3.01. The van der Waals surface area contributed by atoms with E-state index in [1.807, 2.05) is 18.2 Å². The van der Waals surface area contributed by atoms with E-state index in [9.17, 15) is 4.79 Å². The summed E-state index contributed by atoms with van der Waals surface area (Å²) in [5.74, 6) is 0.197. The number of amides is 1. The van der Waals surface area contributed by atoms with Gasteiger partial charge in [-0.1, -0.05) is 69.7 Å². The van der Waals surface area contributed by atoms with Crippen molar-refractivity contribution in [1.82, 2.24) is 5.32 Å². The third kappa shape index (κ3) is 5.49. The molecular weight excluding hydrogens is 262 g/mol. The second-order valence-electron chi connectivity index (χ2n) is 6.76. The van der Waals surface area contributed by atoms with Crippen LogP contribution in [0.25, 0.3) is 0 Å². The average molecular weight is 292 g/mol.